The van der Waals surface area contributed by atoms with E-state index in [1.54, 1.807) is 24.3 Å². The van der Waals surface area contributed by atoms with Gasteiger partial charge in [-0.05, 0) is 54.8 Å². The summed E-state index contributed by atoms with van der Waals surface area (Å²) in [7, 11) is 0. The zero-order chi connectivity index (χ0) is 23.8. The van der Waals surface area contributed by atoms with Crippen molar-refractivity contribution >= 4 is 40.5 Å². The molecule has 5 rings (SSSR count). The molecule has 0 saturated carbocycles. The number of carbonyl (C=O) groups excluding carboxylic acids is 3. The fourth-order valence-corrected chi connectivity index (χ4v) is 4.31. The molecular weight excluding hydrogens is 426 g/mol. The molecule has 2 heterocycles. The Kier molecular flexibility index (Phi) is 5.34. The summed E-state index contributed by atoms with van der Waals surface area (Å²) in [6, 6.07) is 22.4. The van der Waals surface area contributed by atoms with Crippen LogP contribution in [0, 0.1) is 13.8 Å². The van der Waals surface area contributed by atoms with E-state index in [1.165, 1.54) is 11.1 Å². The van der Waals surface area contributed by atoms with E-state index in [1.807, 2.05) is 55.6 Å². The Hall–Kier alpha value is -4.45. The van der Waals surface area contributed by atoms with Crippen molar-refractivity contribution < 1.29 is 14.4 Å². The molecule has 1 aliphatic rings. The monoisotopic (exact) mass is 449 g/mol. The molecule has 1 N–H and O–H groups in total. The maximum Gasteiger partial charge on any atom is 0.335 e. The summed E-state index contributed by atoms with van der Waals surface area (Å²) in [6.07, 6.45) is 3.52. The van der Waals surface area contributed by atoms with Crippen LogP contribution < -0.4 is 10.2 Å². The highest BCUT2D eigenvalue weighted by atomic mass is 16.2. The Balaban J connectivity index is 1.58. The van der Waals surface area contributed by atoms with Gasteiger partial charge in [0.2, 0.25) is 0 Å². The molecule has 0 bridgehead atoms. The number of carbonyl (C=O) groups is 3. The summed E-state index contributed by atoms with van der Waals surface area (Å²) in [5, 5.41) is 3.22. The SMILES string of the molecule is Cc1cccc(N2C(=O)NC(=O)C(=Cc3cn(Cc4ccccc4C)c4ccccc34)C2=O)c1. The molecule has 3 aromatic carbocycles. The molecule has 34 heavy (non-hydrogen) atoms. The standard InChI is InChI=1S/C28H23N3O3/c1-18-8-7-11-22(14-18)31-27(33)24(26(32)29-28(31)34)15-21-17-30(25-13-6-5-12-23(21)25)16-20-10-4-3-9-19(20)2/h3-15,17H,16H2,1-2H3,(H,29,32,34). The number of imide groups is 2. The van der Waals surface area contributed by atoms with Gasteiger partial charge in [0.05, 0.1) is 5.69 Å². The van der Waals surface area contributed by atoms with Crippen molar-refractivity contribution in [3.05, 3.63) is 107 Å². The van der Waals surface area contributed by atoms with Crippen LogP contribution in [0.4, 0.5) is 10.5 Å². The van der Waals surface area contributed by atoms with E-state index in [9.17, 15) is 14.4 Å². The largest absolute Gasteiger partial charge is 0.342 e. The molecule has 1 aromatic heterocycles. The third kappa shape index (κ3) is 3.79. The van der Waals surface area contributed by atoms with Crippen LogP contribution in [0.5, 0.6) is 0 Å². The van der Waals surface area contributed by atoms with Gasteiger partial charge in [0.15, 0.2) is 0 Å². The Morgan fingerprint density at radius 2 is 1.65 bits per heavy atom. The number of anilines is 1. The highest BCUT2D eigenvalue weighted by Gasteiger charge is 2.37. The van der Waals surface area contributed by atoms with Crippen molar-refractivity contribution in [2.24, 2.45) is 0 Å². The summed E-state index contributed by atoms with van der Waals surface area (Å²) < 4.78 is 2.11. The fraction of sp³-hybridized carbons (Fsp3) is 0.107. The number of aromatic nitrogens is 1. The summed E-state index contributed by atoms with van der Waals surface area (Å²) in [5.41, 5.74) is 5.34. The second-order valence-corrected chi connectivity index (χ2v) is 8.45. The maximum absolute atomic E-state index is 13.3. The quantitative estimate of drug-likeness (QED) is 0.353. The third-order valence-corrected chi connectivity index (χ3v) is 6.08. The van der Waals surface area contributed by atoms with E-state index in [4.69, 9.17) is 0 Å². The summed E-state index contributed by atoms with van der Waals surface area (Å²) in [4.78, 5) is 39.5. The van der Waals surface area contributed by atoms with Crippen molar-refractivity contribution in [1.82, 2.24) is 9.88 Å². The predicted octanol–water partition coefficient (Wildman–Crippen LogP) is 4.97. The normalized spacial score (nSPS) is 15.3. The van der Waals surface area contributed by atoms with Crippen LogP contribution in [-0.4, -0.2) is 22.4 Å². The molecule has 4 amide bonds. The molecule has 1 saturated heterocycles. The van der Waals surface area contributed by atoms with Crippen LogP contribution >= 0.6 is 0 Å². The lowest BCUT2D eigenvalue weighted by Gasteiger charge is -2.26. The van der Waals surface area contributed by atoms with Gasteiger partial charge in [-0.2, -0.15) is 0 Å². The molecule has 168 valence electrons. The van der Waals surface area contributed by atoms with Gasteiger partial charge < -0.3 is 4.57 Å². The molecule has 0 unspecified atom stereocenters. The first-order valence-electron chi connectivity index (χ1n) is 11.0. The van der Waals surface area contributed by atoms with E-state index in [-0.39, 0.29) is 5.57 Å². The van der Waals surface area contributed by atoms with Crippen molar-refractivity contribution in [2.45, 2.75) is 20.4 Å². The topological polar surface area (TPSA) is 71.4 Å². The van der Waals surface area contributed by atoms with E-state index in [0.29, 0.717) is 12.2 Å². The molecule has 1 aliphatic heterocycles. The third-order valence-electron chi connectivity index (χ3n) is 6.08. The van der Waals surface area contributed by atoms with Gasteiger partial charge in [-0.3, -0.25) is 14.9 Å². The number of urea groups is 1. The number of para-hydroxylation sites is 1. The zero-order valence-electron chi connectivity index (χ0n) is 18.9. The van der Waals surface area contributed by atoms with Crippen LogP contribution in [0.3, 0.4) is 0 Å². The molecule has 1 fully saturated rings. The van der Waals surface area contributed by atoms with Crippen LogP contribution in [-0.2, 0) is 16.1 Å². The number of nitrogens with one attached hydrogen (secondary N) is 1. The van der Waals surface area contributed by atoms with Crippen LogP contribution in [0.15, 0.2) is 84.6 Å². The number of rotatable bonds is 4. The molecule has 0 aliphatic carbocycles. The Labute approximate surface area is 197 Å². The number of aryl methyl sites for hydroxylation is 2. The maximum atomic E-state index is 13.3. The lowest BCUT2D eigenvalue weighted by atomic mass is 10.1. The predicted molar refractivity (Wildman–Crippen MR) is 132 cm³/mol. The summed E-state index contributed by atoms with van der Waals surface area (Å²) in [6.45, 7) is 4.61. The van der Waals surface area contributed by atoms with E-state index >= 15 is 0 Å². The average molecular weight is 450 g/mol. The lowest BCUT2D eigenvalue weighted by Crippen LogP contribution is -2.54. The first-order chi connectivity index (χ1) is 16.4. The second-order valence-electron chi connectivity index (χ2n) is 8.45. The number of amides is 4. The highest BCUT2D eigenvalue weighted by molar-refractivity contribution is 6.39. The van der Waals surface area contributed by atoms with Gasteiger partial charge >= 0.3 is 6.03 Å². The van der Waals surface area contributed by atoms with Crippen molar-refractivity contribution in [3.8, 4) is 0 Å². The minimum Gasteiger partial charge on any atom is -0.342 e. The number of fused-ring (bicyclic) bond motifs is 1. The second kappa shape index (κ2) is 8.48. The lowest BCUT2D eigenvalue weighted by molar-refractivity contribution is -0.122. The number of benzene rings is 3. The van der Waals surface area contributed by atoms with Crippen LogP contribution in [0.1, 0.15) is 22.3 Å². The van der Waals surface area contributed by atoms with Gasteiger partial charge in [0, 0.05) is 29.2 Å². The fourth-order valence-electron chi connectivity index (χ4n) is 4.31. The minimum atomic E-state index is -0.750. The molecular formula is C28H23N3O3. The molecule has 0 atom stereocenters. The smallest absolute Gasteiger partial charge is 0.335 e. The van der Waals surface area contributed by atoms with Gasteiger partial charge in [0.25, 0.3) is 11.8 Å². The molecule has 0 radical (unpaired) electrons. The highest BCUT2D eigenvalue weighted by Crippen LogP contribution is 2.27. The number of barbiturate groups is 1. The first kappa shape index (κ1) is 21.4. The average Bonchev–Trinajstić information content (AvgIpc) is 3.15. The van der Waals surface area contributed by atoms with E-state index < -0.39 is 17.8 Å². The van der Waals surface area contributed by atoms with Crippen molar-refractivity contribution in [3.63, 3.8) is 0 Å². The van der Waals surface area contributed by atoms with Crippen LogP contribution in [0.25, 0.3) is 17.0 Å². The van der Waals surface area contributed by atoms with Gasteiger partial charge in [0.1, 0.15) is 5.57 Å². The van der Waals surface area contributed by atoms with Gasteiger partial charge in [-0.25, -0.2) is 9.69 Å². The molecule has 0 spiro atoms. The van der Waals surface area contributed by atoms with Gasteiger partial charge in [-0.1, -0.05) is 54.6 Å². The number of hydrogen-bond acceptors (Lipinski definition) is 3. The van der Waals surface area contributed by atoms with Gasteiger partial charge in [-0.15, -0.1) is 0 Å². The summed E-state index contributed by atoms with van der Waals surface area (Å²) in [5.74, 6) is -1.34. The molecule has 4 aromatic rings. The van der Waals surface area contributed by atoms with Crippen LogP contribution in [0.2, 0.25) is 0 Å². The number of hydrogen-bond donors (Lipinski definition) is 1. The summed E-state index contributed by atoms with van der Waals surface area (Å²) >= 11 is 0. The first-order valence-corrected chi connectivity index (χ1v) is 11.0. The number of nitrogens with zero attached hydrogens (tertiary/aromatic N) is 2. The zero-order valence-corrected chi connectivity index (χ0v) is 18.9. The molecule has 6 heteroatoms. The Bertz CT molecular complexity index is 1500. The molecule has 6 nitrogen and oxygen atoms in total. The van der Waals surface area contributed by atoms with E-state index in [0.717, 1.165) is 26.9 Å². The van der Waals surface area contributed by atoms with E-state index in [2.05, 4.69) is 28.9 Å². The Morgan fingerprint density at radius 3 is 2.44 bits per heavy atom. The Morgan fingerprint density at radius 1 is 0.882 bits per heavy atom. The van der Waals surface area contributed by atoms with Crippen molar-refractivity contribution in [1.29, 1.82) is 0 Å². The minimum absolute atomic E-state index is 0.0834. The van der Waals surface area contributed by atoms with Crippen molar-refractivity contribution in [2.75, 3.05) is 4.90 Å².